The summed E-state index contributed by atoms with van der Waals surface area (Å²) in [6.45, 7) is 3.90. The molecule has 3 nitrogen and oxygen atoms in total. The molecule has 1 heterocycles. The van der Waals surface area contributed by atoms with Crippen LogP contribution in [0, 0.1) is 13.8 Å². The number of halogens is 1. The Labute approximate surface area is 103 Å². The predicted molar refractivity (Wildman–Crippen MR) is 65.3 cm³/mol. The van der Waals surface area contributed by atoms with Gasteiger partial charge in [0.1, 0.15) is 0 Å². The molecule has 0 bridgehead atoms. The second kappa shape index (κ2) is 4.01. The molecule has 0 radical (unpaired) electrons. The summed E-state index contributed by atoms with van der Waals surface area (Å²) in [4.78, 5) is 24.5. The molecule has 1 fully saturated rings. The van der Waals surface area contributed by atoms with Gasteiger partial charge in [0.25, 0.3) is 0 Å². The lowest BCUT2D eigenvalue weighted by Crippen LogP contribution is -2.28. The third kappa shape index (κ3) is 1.78. The van der Waals surface area contributed by atoms with Crippen LogP contribution >= 0.6 is 15.9 Å². The van der Waals surface area contributed by atoms with Gasteiger partial charge in [-0.05, 0) is 37.1 Å². The first-order chi connectivity index (χ1) is 7.50. The highest BCUT2D eigenvalue weighted by Gasteiger charge is 2.30. The zero-order valence-electron chi connectivity index (χ0n) is 9.21. The molecule has 1 aliphatic heterocycles. The Kier molecular flexibility index (Phi) is 2.84. The van der Waals surface area contributed by atoms with E-state index < -0.39 is 0 Å². The van der Waals surface area contributed by atoms with E-state index in [1.54, 1.807) is 0 Å². The van der Waals surface area contributed by atoms with E-state index in [4.69, 9.17) is 0 Å². The number of rotatable bonds is 1. The number of nitrogens with zero attached hydrogens (tertiary/aromatic N) is 1. The number of imide groups is 1. The van der Waals surface area contributed by atoms with Gasteiger partial charge < -0.3 is 0 Å². The molecule has 84 valence electrons. The van der Waals surface area contributed by atoms with Crippen molar-refractivity contribution in [3.8, 4) is 0 Å². The smallest absolute Gasteiger partial charge is 0.234 e. The molecule has 4 heteroatoms. The molecule has 1 aromatic carbocycles. The van der Waals surface area contributed by atoms with Crippen LogP contribution in [0.1, 0.15) is 24.0 Å². The van der Waals surface area contributed by atoms with Crippen molar-refractivity contribution in [2.75, 3.05) is 4.90 Å². The molecular weight excluding hydrogens is 270 g/mol. The Balaban J connectivity index is 2.48. The van der Waals surface area contributed by atoms with Gasteiger partial charge in [-0.2, -0.15) is 0 Å². The Bertz CT molecular complexity index is 443. The van der Waals surface area contributed by atoms with Gasteiger partial charge in [0, 0.05) is 17.3 Å². The molecule has 1 aliphatic rings. The molecule has 1 aromatic rings. The predicted octanol–water partition coefficient (Wildman–Crippen LogP) is 2.72. The summed E-state index contributed by atoms with van der Waals surface area (Å²) < 4.78 is 1.02. The van der Waals surface area contributed by atoms with E-state index in [1.165, 1.54) is 4.90 Å². The Morgan fingerprint density at radius 2 is 1.50 bits per heavy atom. The summed E-state index contributed by atoms with van der Waals surface area (Å²) in [5, 5.41) is 0. The SMILES string of the molecule is Cc1cc(N2C(=O)CCC2=O)cc(C)c1Br. The van der Waals surface area contributed by atoms with Gasteiger partial charge in [0.15, 0.2) is 0 Å². The molecule has 0 unspecified atom stereocenters. The van der Waals surface area contributed by atoms with Crippen molar-refractivity contribution < 1.29 is 9.59 Å². The van der Waals surface area contributed by atoms with Crippen LogP contribution in [0.2, 0.25) is 0 Å². The third-order valence-corrected chi connectivity index (χ3v) is 3.98. The Hall–Kier alpha value is -1.16. The number of hydrogen-bond acceptors (Lipinski definition) is 2. The van der Waals surface area contributed by atoms with Crippen LogP contribution in [0.4, 0.5) is 5.69 Å². The lowest BCUT2D eigenvalue weighted by molar-refractivity contribution is -0.121. The van der Waals surface area contributed by atoms with E-state index in [0.29, 0.717) is 18.5 Å². The van der Waals surface area contributed by atoms with E-state index in [9.17, 15) is 9.59 Å². The summed E-state index contributed by atoms with van der Waals surface area (Å²) in [5.41, 5.74) is 2.75. The molecule has 16 heavy (non-hydrogen) atoms. The van der Waals surface area contributed by atoms with Crippen LogP contribution in [-0.4, -0.2) is 11.8 Å². The number of benzene rings is 1. The summed E-state index contributed by atoms with van der Waals surface area (Å²) in [6.07, 6.45) is 0.653. The van der Waals surface area contributed by atoms with Crippen LogP contribution in [0.3, 0.4) is 0 Å². The largest absolute Gasteiger partial charge is 0.274 e. The highest BCUT2D eigenvalue weighted by molar-refractivity contribution is 9.10. The number of carbonyl (C=O) groups is 2. The molecular formula is C12H12BrNO2. The van der Waals surface area contributed by atoms with Gasteiger partial charge in [-0.25, -0.2) is 0 Å². The van der Waals surface area contributed by atoms with Crippen molar-refractivity contribution in [1.82, 2.24) is 0 Å². The topological polar surface area (TPSA) is 37.4 Å². The van der Waals surface area contributed by atoms with Crippen LogP contribution in [0.5, 0.6) is 0 Å². The summed E-state index contributed by atoms with van der Waals surface area (Å²) in [7, 11) is 0. The minimum atomic E-state index is -0.105. The first-order valence-corrected chi connectivity index (χ1v) is 5.92. The zero-order valence-corrected chi connectivity index (χ0v) is 10.8. The summed E-state index contributed by atoms with van der Waals surface area (Å²) >= 11 is 3.46. The standard InChI is InChI=1S/C12H12BrNO2/c1-7-5-9(6-8(2)12(7)13)14-10(15)3-4-11(14)16/h5-6H,3-4H2,1-2H3. The fraction of sp³-hybridized carbons (Fsp3) is 0.333. The van der Waals surface area contributed by atoms with Gasteiger partial charge >= 0.3 is 0 Å². The third-order valence-electron chi connectivity index (χ3n) is 2.73. The van der Waals surface area contributed by atoms with Crippen molar-refractivity contribution in [3.63, 3.8) is 0 Å². The second-order valence-corrected chi connectivity index (χ2v) is 4.81. The lowest BCUT2D eigenvalue weighted by Gasteiger charge is -2.16. The maximum absolute atomic E-state index is 11.6. The van der Waals surface area contributed by atoms with Crippen molar-refractivity contribution >= 4 is 33.4 Å². The molecule has 0 saturated carbocycles. The van der Waals surface area contributed by atoms with Gasteiger partial charge in [-0.1, -0.05) is 15.9 Å². The number of amides is 2. The van der Waals surface area contributed by atoms with Gasteiger partial charge in [0.2, 0.25) is 11.8 Å². The molecule has 0 spiro atoms. The average Bonchev–Trinajstić information content (AvgIpc) is 2.54. The van der Waals surface area contributed by atoms with E-state index in [2.05, 4.69) is 15.9 Å². The van der Waals surface area contributed by atoms with Crippen molar-refractivity contribution in [1.29, 1.82) is 0 Å². The first kappa shape index (κ1) is 11.3. The van der Waals surface area contributed by atoms with E-state index >= 15 is 0 Å². The van der Waals surface area contributed by atoms with Crippen molar-refractivity contribution in [3.05, 3.63) is 27.7 Å². The molecule has 0 atom stereocenters. The first-order valence-electron chi connectivity index (χ1n) is 5.13. The normalized spacial score (nSPS) is 16.1. The minimum absolute atomic E-state index is 0.105. The maximum atomic E-state index is 11.6. The molecule has 0 aromatic heterocycles. The Morgan fingerprint density at radius 3 is 1.94 bits per heavy atom. The van der Waals surface area contributed by atoms with E-state index in [1.807, 2.05) is 26.0 Å². The van der Waals surface area contributed by atoms with E-state index in [-0.39, 0.29) is 11.8 Å². The molecule has 2 rings (SSSR count). The molecule has 0 N–H and O–H groups in total. The highest BCUT2D eigenvalue weighted by atomic mass is 79.9. The highest BCUT2D eigenvalue weighted by Crippen LogP contribution is 2.29. The molecule has 1 saturated heterocycles. The van der Waals surface area contributed by atoms with Crippen molar-refractivity contribution in [2.45, 2.75) is 26.7 Å². The lowest BCUT2D eigenvalue weighted by atomic mass is 10.1. The van der Waals surface area contributed by atoms with Crippen LogP contribution in [0.15, 0.2) is 16.6 Å². The fourth-order valence-electron chi connectivity index (χ4n) is 1.92. The fourth-order valence-corrected chi connectivity index (χ4v) is 2.15. The zero-order chi connectivity index (χ0) is 11.9. The quantitative estimate of drug-likeness (QED) is 0.743. The molecule has 2 amide bonds. The number of anilines is 1. The van der Waals surface area contributed by atoms with E-state index in [0.717, 1.165) is 15.6 Å². The summed E-state index contributed by atoms with van der Waals surface area (Å²) in [5.74, 6) is -0.211. The second-order valence-electron chi connectivity index (χ2n) is 4.02. The minimum Gasteiger partial charge on any atom is -0.274 e. The Morgan fingerprint density at radius 1 is 1.06 bits per heavy atom. The number of carbonyl (C=O) groups excluding carboxylic acids is 2. The maximum Gasteiger partial charge on any atom is 0.234 e. The van der Waals surface area contributed by atoms with Crippen LogP contribution in [-0.2, 0) is 9.59 Å². The number of hydrogen-bond donors (Lipinski definition) is 0. The molecule has 0 aliphatic carbocycles. The average molecular weight is 282 g/mol. The van der Waals surface area contributed by atoms with Crippen molar-refractivity contribution in [2.24, 2.45) is 0 Å². The van der Waals surface area contributed by atoms with Crippen LogP contribution < -0.4 is 4.90 Å². The van der Waals surface area contributed by atoms with Crippen LogP contribution in [0.25, 0.3) is 0 Å². The number of aryl methyl sites for hydroxylation is 2. The van der Waals surface area contributed by atoms with Gasteiger partial charge in [-0.3, -0.25) is 14.5 Å². The van der Waals surface area contributed by atoms with Gasteiger partial charge in [-0.15, -0.1) is 0 Å². The van der Waals surface area contributed by atoms with Gasteiger partial charge in [0.05, 0.1) is 5.69 Å². The monoisotopic (exact) mass is 281 g/mol. The summed E-state index contributed by atoms with van der Waals surface area (Å²) in [6, 6.07) is 3.72.